The number of hydrogen-bond acceptors (Lipinski definition) is 4. The highest BCUT2D eigenvalue weighted by molar-refractivity contribution is 7.22. The lowest BCUT2D eigenvalue weighted by Crippen LogP contribution is -3.12. The van der Waals surface area contributed by atoms with Gasteiger partial charge in [-0.25, -0.2) is 9.37 Å². The molecule has 2 heterocycles. The minimum Gasteiger partial charge on any atom is -0.459 e. The fraction of sp³-hybridized carbons (Fsp3) is 0.333. The number of amides is 1. The number of carbonyl (C=O) groups is 1. The molecule has 1 N–H and O–H groups in total. The number of benzene rings is 1. The van der Waals surface area contributed by atoms with Crippen molar-refractivity contribution < 1.29 is 18.5 Å². The Kier molecular flexibility index (Phi) is 5.45. The van der Waals surface area contributed by atoms with Crippen LogP contribution in [-0.2, 0) is 0 Å². The molecular weight excluding hydrogens is 341 g/mol. The Morgan fingerprint density at radius 2 is 2.08 bits per heavy atom. The lowest BCUT2D eigenvalue weighted by atomic mass is 10.3. The molecule has 0 unspecified atom stereocenters. The summed E-state index contributed by atoms with van der Waals surface area (Å²) in [5.74, 6) is -0.370. The number of anilines is 1. The number of para-hydroxylation sites is 1. The molecule has 0 spiro atoms. The van der Waals surface area contributed by atoms with Crippen molar-refractivity contribution in [3.05, 3.63) is 48.2 Å². The predicted octanol–water partition coefficient (Wildman–Crippen LogP) is 2.60. The minimum absolute atomic E-state index is 0.254. The Labute approximate surface area is 149 Å². The SMILES string of the molecule is CC[NH+](CC)CCN(C(=O)c1ccco1)c1nc2c(F)cccc2s1. The normalized spacial score (nSPS) is 11.4. The van der Waals surface area contributed by atoms with Gasteiger partial charge in [-0.1, -0.05) is 17.4 Å². The Morgan fingerprint density at radius 3 is 2.72 bits per heavy atom. The molecular formula is C18H21FN3O2S+. The lowest BCUT2D eigenvalue weighted by molar-refractivity contribution is -0.894. The molecule has 0 saturated heterocycles. The predicted molar refractivity (Wildman–Crippen MR) is 96.9 cm³/mol. The van der Waals surface area contributed by atoms with Gasteiger partial charge in [-0.05, 0) is 38.1 Å². The number of rotatable bonds is 7. The van der Waals surface area contributed by atoms with Gasteiger partial charge in [0.05, 0.1) is 37.1 Å². The third kappa shape index (κ3) is 3.72. The number of likely N-dealkylation sites (N-methyl/N-ethyl adjacent to an activating group) is 1. The van der Waals surface area contributed by atoms with E-state index in [1.165, 1.54) is 28.6 Å². The van der Waals surface area contributed by atoms with E-state index in [1.807, 2.05) is 6.07 Å². The van der Waals surface area contributed by atoms with Crippen LogP contribution < -0.4 is 9.80 Å². The van der Waals surface area contributed by atoms with Crippen molar-refractivity contribution in [2.45, 2.75) is 13.8 Å². The highest BCUT2D eigenvalue weighted by Gasteiger charge is 2.25. The summed E-state index contributed by atoms with van der Waals surface area (Å²) in [5.41, 5.74) is 0.301. The Bertz CT molecular complexity index is 843. The number of halogens is 1. The van der Waals surface area contributed by atoms with Gasteiger partial charge in [0.2, 0.25) is 0 Å². The standard InChI is InChI=1S/C18H20FN3O2S/c1-3-21(4-2)10-11-22(17(23)14-8-6-12-24-14)18-20-16-13(19)7-5-9-15(16)25-18/h5-9,12H,3-4,10-11H2,1-2H3/p+1. The number of carbonyl (C=O) groups excluding carboxylic acids is 1. The topological polar surface area (TPSA) is 50.8 Å². The minimum atomic E-state index is -0.375. The van der Waals surface area contributed by atoms with Crippen molar-refractivity contribution in [2.75, 3.05) is 31.1 Å². The fourth-order valence-corrected chi connectivity index (χ4v) is 3.71. The van der Waals surface area contributed by atoms with Crippen LogP contribution in [0.25, 0.3) is 10.2 Å². The molecule has 3 aromatic rings. The van der Waals surface area contributed by atoms with Gasteiger partial charge in [-0.2, -0.15) is 0 Å². The summed E-state index contributed by atoms with van der Waals surface area (Å²) >= 11 is 1.32. The van der Waals surface area contributed by atoms with Gasteiger partial charge < -0.3 is 9.32 Å². The largest absolute Gasteiger partial charge is 0.459 e. The molecule has 132 valence electrons. The zero-order chi connectivity index (χ0) is 17.8. The number of hydrogen-bond donors (Lipinski definition) is 1. The Hall–Kier alpha value is -2.25. The van der Waals surface area contributed by atoms with Crippen molar-refractivity contribution in [2.24, 2.45) is 0 Å². The van der Waals surface area contributed by atoms with Crippen LogP contribution in [-0.4, -0.2) is 37.1 Å². The zero-order valence-corrected chi connectivity index (χ0v) is 15.1. The van der Waals surface area contributed by atoms with Gasteiger partial charge in [0.25, 0.3) is 5.91 Å². The molecule has 0 aliphatic carbocycles. The van der Waals surface area contributed by atoms with Gasteiger partial charge >= 0.3 is 0 Å². The first-order chi connectivity index (χ1) is 12.1. The van der Waals surface area contributed by atoms with Crippen LogP contribution in [0, 0.1) is 5.82 Å². The summed E-state index contributed by atoms with van der Waals surface area (Å²) in [5, 5.41) is 0.494. The number of thiazole rings is 1. The van der Waals surface area contributed by atoms with Crippen LogP contribution in [0.4, 0.5) is 9.52 Å². The summed E-state index contributed by atoms with van der Waals surface area (Å²) < 4.78 is 20.0. The first-order valence-electron chi connectivity index (χ1n) is 8.38. The highest BCUT2D eigenvalue weighted by atomic mass is 32.1. The highest BCUT2D eigenvalue weighted by Crippen LogP contribution is 2.30. The summed E-state index contributed by atoms with van der Waals surface area (Å²) in [6, 6.07) is 8.15. The number of aromatic nitrogens is 1. The van der Waals surface area contributed by atoms with E-state index in [0.29, 0.717) is 17.2 Å². The van der Waals surface area contributed by atoms with E-state index in [2.05, 4.69) is 18.8 Å². The number of fused-ring (bicyclic) bond motifs is 1. The van der Waals surface area contributed by atoms with E-state index in [1.54, 1.807) is 23.1 Å². The van der Waals surface area contributed by atoms with Gasteiger partial charge in [-0.3, -0.25) is 9.69 Å². The quantitative estimate of drug-likeness (QED) is 0.703. The van der Waals surface area contributed by atoms with Gasteiger partial charge in [-0.15, -0.1) is 0 Å². The Morgan fingerprint density at radius 1 is 1.28 bits per heavy atom. The number of nitrogens with zero attached hydrogens (tertiary/aromatic N) is 2. The summed E-state index contributed by atoms with van der Waals surface area (Å²) in [7, 11) is 0. The molecule has 2 aromatic heterocycles. The van der Waals surface area contributed by atoms with E-state index in [-0.39, 0.29) is 17.5 Å². The maximum absolute atomic E-state index is 14.0. The van der Waals surface area contributed by atoms with Crippen LogP contribution in [0.3, 0.4) is 0 Å². The second-order valence-electron chi connectivity index (χ2n) is 5.72. The van der Waals surface area contributed by atoms with Gasteiger partial charge in [0.1, 0.15) is 11.3 Å². The lowest BCUT2D eigenvalue weighted by Gasteiger charge is -2.22. The van der Waals surface area contributed by atoms with Crippen LogP contribution in [0.5, 0.6) is 0 Å². The molecule has 25 heavy (non-hydrogen) atoms. The first kappa shape index (κ1) is 17.6. The molecule has 3 rings (SSSR count). The molecule has 5 nitrogen and oxygen atoms in total. The molecule has 0 bridgehead atoms. The molecule has 1 aromatic carbocycles. The molecule has 7 heteroatoms. The van der Waals surface area contributed by atoms with Crippen molar-refractivity contribution in [3.63, 3.8) is 0 Å². The van der Waals surface area contributed by atoms with Crippen LogP contribution in [0.15, 0.2) is 41.0 Å². The smallest absolute Gasteiger partial charge is 0.295 e. The number of furan rings is 1. The van der Waals surface area contributed by atoms with Gasteiger partial charge in [0, 0.05) is 0 Å². The second-order valence-corrected chi connectivity index (χ2v) is 6.73. The fourth-order valence-electron chi connectivity index (χ4n) is 2.71. The summed E-state index contributed by atoms with van der Waals surface area (Å²) in [4.78, 5) is 20.2. The van der Waals surface area contributed by atoms with Crippen molar-refractivity contribution in [1.82, 2.24) is 4.98 Å². The average molecular weight is 362 g/mol. The maximum Gasteiger partial charge on any atom is 0.295 e. The molecule has 1 amide bonds. The molecule has 0 aliphatic rings. The van der Waals surface area contributed by atoms with Crippen molar-refractivity contribution in [3.8, 4) is 0 Å². The second kappa shape index (κ2) is 7.76. The first-order valence-corrected chi connectivity index (χ1v) is 9.19. The maximum atomic E-state index is 14.0. The average Bonchev–Trinajstić information content (AvgIpc) is 3.28. The van der Waals surface area contributed by atoms with Gasteiger partial charge in [0.15, 0.2) is 10.9 Å². The monoisotopic (exact) mass is 362 g/mol. The van der Waals surface area contributed by atoms with Crippen molar-refractivity contribution in [1.29, 1.82) is 0 Å². The van der Waals surface area contributed by atoms with Crippen molar-refractivity contribution >= 4 is 32.6 Å². The van der Waals surface area contributed by atoms with E-state index in [9.17, 15) is 9.18 Å². The summed E-state index contributed by atoms with van der Waals surface area (Å²) in [6.45, 7) is 7.48. The third-order valence-corrected chi connectivity index (χ3v) is 5.30. The molecule has 0 saturated carbocycles. The molecule has 0 aliphatic heterocycles. The van der Waals surface area contributed by atoms with E-state index < -0.39 is 0 Å². The number of quaternary nitrogens is 1. The third-order valence-electron chi connectivity index (χ3n) is 4.26. The molecule has 0 atom stereocenters. The van der Waals surface area contributed by atoms with Crippen LogP contribution in [0.2, 0.25) is 0 Å². The Balaban J connectivity index is 1.94. The zero-order valence-electron chi connectivity index (χ0n) is 14.3. The van der Waals surface area contributed by atoms with E-state index >= 15 is 0 Å². The molecule has 0 radical (unpaired) electrons. The van der Waals surface area contributed by atoms with Crippen LogP contribution >= 0.6 is 11.3 Å². The number of nitrogens with one attached hydrogen (secondary N) is 1. The summed E-state index contributed by atoms with van der Waals surface area (Å²) in [6.07, 6.45) is 1.47. The molecule has 0 fully saturated rings. The van der Waals surface area contributed by atoms with E-state index in [4.69, 9.17) is 4.42 Å². The van der Waals surface area contributed by atoms with Crippen LogP contribution in [0.1, 0.15) is 24.4 Å². The van der Waals surface area contributed by atoms with E-state index in [0.717, 1.165) is 24.3 Å².